The quantitative estimate of drug-likeness (QED) is 0.475. The third-order valence-corrected chi connectivity index (χ3v) is 7.32. The van der Waals surface area contributed by atoms with Gasteiger partial charge >= 0.3 is 0 Å². The van der Waals surface area contributed by atoms with Crippen LogP contribution in [0, 0.1) is 0 Å². The molecule has 0 radical (unpaired) electrons. The molecule has 8 nitrogen and oxygen atoms in total. The first kappa shape index (κ1) is 24.0. The standard InChI is InChI=1S/C20H26N2O6S2/c1-2-28-15-6-14-21-30(26,27)19-11-9-17(10-12-19)22-20(23)13-16-29(24,25)18-7-4-3-5-8-18/h3-5,7-12,21H,2,6,13-16H2,1H3,(H,22,23). The van der Waals surface area contributed by atoms with E-state index in [2.05, 4.69) is 10.0 Å². The average molecular weight is 455 g/mol. The number of hydrogen-bond acceptors (Lipinski definition) is 6. The zero-order valence-electron chi connectivity index (χ0n) is 16.7. The zero-order chi connectivity index (χ0) is 22.0. The van der Waals surface area contributed by atoms with Crippen LogP contribution in [-0.2, 0) is 29.4 Å². The molecule has 10 heteroatoms. The minimum Gasteiger partial charge on any atom is -0.382 e. The third-order valence-electron chi connectivity index (χ3n) is 4.11. The molecule has 0 fully saturated rings. The van der Waals surface area contributed by atoms with E-state index >= 15 is 0 Å². The van der Waals surface area contributed by atoms with Gasteiger partial charge in [-0.05, 0) is 49.7 Å². The first-order valence-electron chi connectivity index (χ1n) is 9.50. The minimum absolute atomic E-state index is 0.0727. The maximum atomic E-state index is 12.2. The van der Waals surface area contributed by atoms with Gasteiger partial charge in [-0.1, -0.05) is 18.2 Å². The third kappa shape index (κ3) is 7.52. The molecule has 0 aliphatic heterocycles. The van der Waals surface area contributed by atoms with Crippen molar-refractivity contribution >= 4 is 31.5 Å². The molecule has 0 aromatic heterocycles. The summed E-state index contributed by atoms with van der Waals surface area (Å²) < 4.78 is 56.6. The molecule has 2 N–H and O–H groups in total. The van der Waals surface area contributed by atoms with Gasteiger partial charge in [0.25, 0.3) is 0 Å². The van der Waals surface area contributed by atoms with Gasteiger partial charge in [0.1, 0.15) is 0 Å². The molecule has 0 saturated carbocycles. The van der Waals surface area contributed by atoms with Crippen LogP contribution in [0.1, 0.15) is 19.8 Å². The van der Waals surface area contributed by atoms with Gasteiger partial charge in [0.05, 0.1) is 15.5 Å². The van der Waals surface area contributed by atoms with Crippen molar-refractivity contribution in [1.82, 2.24) is 4.72 Å². The fraction of sp³-hybridized carbons (Fsp3) is 0.350. The van der Waals surface area contributed by atoms with Crippen molar-refractivity contribution in [3.05, 3.63) is 54.6 Å². The fourth-order valence-electron chi connectivity index (χ4n) is 2.52. The molecule has 2 aromatic carbocycles. The molecule has 0 saturated heterocycles. The second kappa shape index (κ2) is 11.2. The van der Waals surface area contributed by atoms with Crippen LogP contribution in [0.4, 0.5) is 5.69 Å². The second-order valence-electron chi connectivity index (χ2n) is 6.40. The average Bonchev–Trinajstić information content (AvgIpc) is 2.73. The Morgan fingerprint density at radius 2 is 1.60 bits per heavy atom. The van der Waals surface area contributed by atoms with Gasteiger partial charge < -0.3 is 10.1 Å². The molecule has 0 atom stereocenters. The highest BCUT2D eigenvalue weighted by Crippen LogP contribution is 2.15. The lowest BCUT2D eigenvalue weighted by Gasteiger charge is -2.09. The molecule has 30 heavy (non-hydrogen) atoms. The van der Waals surface area contributed by atoms with Gasteiger partial charge in [-0.2, -0.15) is 0 Å². The highest BCUT2D eigenvalue weighted by molar-refractivity contribution is 7.91. The van der Waals surface area contributed by atoms with Gasteiger partial charge in [0.2, 0.25) is 15.9 Å². The smallest absolute Gasteiger partial charge is 0.240 e. The van der Waals surface area contributed by atoms with Crippen LogP contribution in [-0.4, -0.2) is 48.3 Å². The molecule has 0 aliphatic rings. The van der Waals surface area contributed by atoms with Crippen molar-refractivity contribution in [3.63, 3.8) is 0 Å². The number of nitrogens with one attached hydrogen (secondary N) is 2. The summed E-state index contributed by atoms with van der Waals surface area (Å²) in [5.41, 5.74) is 0.382. The Morgan fingerprint density at radius 3 is 2.23 bits per heavy atom. The molecule has 0 bridgehead atoms. The number of sulfone groups is 1. The van der Waals surface area contributed by atoms with Crippen LogP contribution in [0.3, 0.4) is 0 Å². The lowest BCUT2D eigenvalue weighted by Crippen LogP contribution is -2.25. The maximum Gasteiger partial charge on any atom is 0.240 e. The Bertz CT molecular complexity index is 1020. The van der Waals surface area contributed by atoms with E-state index in [9.17, 15) is 21.6 Å². The van der Waals surface area contributed by atoms with Crippen LogP contribution in [0.15, 0.2) is 64.4 Å². The van der Waals surface area contributed by atoms with Crippen LogP contribution < -0.4 is 10.0 Å². The predicted octanol–water partition coefficient (Wildman–Crippen LogP) is 2.19. The van der Waals surface area contributed by atoms with Gasteiger partial charge in [-0.3, -0.25) is 4.79 Å². The summed E-state index contributed by atoms with van der Waals surface area (Å²) in [6.45, 7) is 3.19. The largest absolute Gasteiger partial charge is 0.382 e. The first-order chi connectivity index (χ1) is 14.2. The van der Waals surface area contributed by atoms with E-state index in [4.69, 9.17) is 4.74 Å². The van der Waals surface area contributed by atoms with Crippen molar-refractivity contribution in [3.8, 4) is 0 Å². The van der Waals surface area contributed by atoms with Gasteiger partial charge in [0.15, 0.2) is 9.84 Å². The van der Waals surface area contributed by atoms with Crippen LogP contribution in [0.2, 0.25) is 0 Å². The number of carbonyl (C=O) groups excluding carboxylic acids is 1. The van der Waals surface area contributed by atoms with E-state index in [1.807, 2.05) is 6.92 Å². The Hall–Kier alpha value is -2.27. The highest BCUT2D eigenvalue weighted by Gasteiger charge is 2.17. The number of rotatable bonds is 12. The number of benzene rings is 2. The lowest BCUT2D eigenvalue weighted by atomic mass is 10.3. The summed E-state index contributed by atoms with van der Waals surface area (Å²) in [6.07, 6.45) is 0.353. The number of amides is 1. The second-order valence-corrected chi connectivity index (χ2v) is 10.3. The molecule has 0 aliphatic carbocycles. The summed E-state index contributed by atoms with van der Waals surface area (Å²) in [7, 11) is -7.20. The van der Waals surface area contributed by atoms with Gasteiger partial charge in [-0.25, -0.2) is 21.6 Å². The summed E-state index contributed by atoms with van der Waals surface area (Å²) in [5, 5.41) is 2.58. The molecule has 164 valence electrons. The van der Waals surface area contributed by atoms with E-state index in [0.717, 1.165) is 0 Å². The molecular formula is C20H26N2O6S2. The minimum atomic E-state index is -3.65. The molecule has 0 unspecified atom stereocenters. The fourth-order valence-corrected chi connectivity index (χ4v) is 4.86. The maximum absolute atomic E-state index is 12.2. The van der Waals surface area contributed by atoms with Crippen LogP contribution in [0.25, 0.3) is 0 Å². The first-order valence-corrected chi connectivity index (χ1v) is 12.6. The number of sulfonamides is 1. The van der Waals surface area contributed by atoms with E-state index in [1.54, 1.807) is 18.2 Å². The Balaban J connectivity index is 1.87. The van der Waals surface area contributed by atoms with Crippen molar-refractivity contribution in [2.45, 2.75) is 29.6 Å². The number of ether oxygens (including phenoxy) is 1. The number of anilines is 1. The van der Waals surface area contributed by atoms with Crippen molar-refractivity contribution < 1.29 is 26.4 Å². The van der Waals surface area contributed by atoms with E-state index < -0.39 is 25.8 Å². The monoisotopic (exact) mass is 454 g/mol. The van der Waals surface area contributed by atoms with E-state index in [1.165, 1.54) is 36.4 Å². The van der Waals surface area contributed by atoms with Crippen LogP contribution in [0.5, 0.6) is 0 Å². The summed E-state index contributed by atoms with van der Waals surface area (Å²) in [5.74, 6) is -0.791. The molecule has 0 spiro atoms. The predicted molar refractivity (Wildman–Crippen MR) is 114 cm³/mol. The summed E-state index contributed by atoms with van der Waals surface area (Å²) in [4.78, 5) is 12.3. The lowest BCUT2D eigenvalue weighted by molar-refractivity contribution is -0.115. The molecule has 2 rings (SSSR count). The van der Waals surface area contributed by atoms with E-state index in [-0.39, 0.29) is 28.5 Å². The van der Waals surface area contributed by atoms with Crippen molar-refractivity contribution in [2.75, 3.05) is 30.8 Å². The number of hydrogen-bond donors (Lipinski definition) is 2. The Labute approximate surface area is 177 Å². The topological polar surface area (TPSA) is 119 Å². The van der Waals surface area contributed by atoms with Gasteiger partial charge in [0, 0.05) is 31.9 Å². The summed E-state index contributed by atoms with van der Waals surface area (Å²) >= 11 is 0. The SMILES string of the molecule is CCOCCCNS(=O)(=O)c1ccc(NC(=O)CCS(=O)(=O)c2ccccc2)cc1. The van der Waals surface area contributed by atoms with Crippen molar-refractivity contribution in [1.29, 1.82) is 0 Å². The molecule has 0 heterocycles. The molecular weight excluding hydrogens is 428 g/mol. The number of carbonyl (C=O) groups is 1. The highest BCUT2D eigenvalue weighted by atomic mass is 32.2. The normalized spacial score (nSPS) is 11.9. The van der Waals surface area contributed by atoms with Crippen molar-refractivity contribution in [2.24, 2.45) is 0 Å². The Kier molecular flexibility index (Phi) is 8.97. The van der Waals surface area contributed by atoms with Crippen LogP contribution >= 0.6 is 0 Å². The van der Waals surface area contributed by atoms with E-state index in [0.29, 0.717) is 25.3 Å². The molecule has 2 aromatic rings. The summed E-state index contributed by atoms with van der Waals surface area (Å²) in [6, 6.07) is 13.6. The van der Waals surface area contributed by atoms with Gasteiger partial charge in [-0.15, -0.1) is 0 Å². The molecule has 1 amide bonds. The Morgan fingerprint density at radius 1 is 0.933 bits per heavy atom. The zero-order valence-corrected chi connectivity index (χ0v) is 18.3.